The lowest BCUT2D eigenvalue weighted by molar-refractivity contribution is -0.142. The Hall–Kier alpha value is -1.01. The van der Waals surface area contributed by atoms with Gasteiger partial charge in [0.15, 0.2) is 11.6 Å². The molecule has 0 spiro atoms. The van der Waals surface area contributed by atoms with E-state index in [1.807, 2.05) is 0 Å². The highest BCUT2D eigenvalue weighted by atomic mass is 79.9. The molecule has 0 heterocycles. The fourth-order valence-corrected chi connectivity index (χ4v) is 1.36. The molecule has 1 aromatic carbocycles. The van der Waals surface area contributed by atoms with E-state index in [4.69, 9.17) is 5.11 Å². The normalized spacial score (nSPS) is 10.3. The zero-order chi connectivity index (χ0) is 11.4. The molecule has 0 atom stereocenters. The van der Waals surface area contributed by atoms with Crippen LogP contribution in [0.4, 0.5) is 8.78 Å². The van der Waals surface area contributed by atoms with Gasteiger partial charge in [-0.3, -0.25) is 0 Å². The van der Waals surface area contributed by atoms with Crippen LogP contribution >= 0.6 is 15.9 Å². The standard InChI is InChI=1S/C9H7BrF2O3/c10-6-1-2-7(11)9(12)5(6)3-15-4-8(13)14/h1-2H,3-4H2,(H,13,14). The van der Waals surface area contributed by atoms with Crippen LogP contribution in [0.25, 0.3) is 0 Å². The molecule has 0 fully saturated rings. The van der Waals surface area contributed by atoms with Crippen LogP contribution < -0.4 is 0 Å². The van der Waals surface area contributed by atoms with Crippen molar-refractivity contribution in [3.8, 4) is 0 Å². The average molecular weight is 281 g/mol. The molecule has 0 aliphatic rings. The van der Waals surface area contributed by atoms with Crippen LogP contribution in [0.5, 0.6) is 0 Å². The van der Waals surface area contributed by atoms with Gasteiger partial charge in [0.2, 0.25) is 0 Å². The smallest absolute Gasteiger partial charge is 0.329 e. The second-order valence-electron chi connectivity index (χ2n) is 2.71. The van der Waals surface area contributed by atoms with Crippen LogP contribution in [0, 0.1) is 11.6 Å². The highest BCUT2D eigenvalue weighted by molar-refractivity contribution is 9.10. The van der Waals surface area contributed by atoms with E-state index in [2.05, 4.69) is 20.7 Å². The van der Waals surface area contributed by atoms with Crippen molar-refractivity contribution in [2.75, 3.05) is 6.61 Å². The number of hydrogen-bond donors (Lipinski definition) is 1. The molecule has 15 heavy (non-hydrogen) atoms. The Morgan fingerprint density at radius 2 is 2.13 bits per heavy atom. The summed E-state index contributed by atoms with van der Waals surface area (Å²) in [6.45, 7) is -0.848. The van der Waals surface area contributed by atoms with E-state index >= 15 is 0 Å². The maximum Gasteiger partial charge on any atom is 0.329 e. The van der Waals surface area contributed by atoms with Gasteiger partial charge < -0.3 is 9.84 Å². The van der Waals surface area contributed by atoms with Crippen molar-refractivity contribution in [2.24, 2.45) is 0 Å². The number of carbonyl (C=O) groups is 1. The quantitative estimate of drug-likeness (QED) is 0.861. The number of hydrogen-bond acceptors (Lipinski definition) is 2. The third-order valence-corrected chi connectivity index (χ3v) is 2.35. The maximum absolute atomic E-state index is 13.2. The summed E-state index contributed by atoms with van der Waals surface area (Å²) in [5.74, 6) is -3.19. The minimum Gasteiger partial charge on any atom is -0.480 e. The monoisotopic (exact) mass is 280 g/mol. The van der Waals surface area contributed by atoms with Gasteiger partial charge in [0, 0.05) is 10.0 Å². The number of aliphatic carboxylic acids is 1. The average Bonchev–Trinajstić information content (AvgIpc) is 2.17. The van der Waals surface area contributed by atoms with Gasteiger partial charge in [-0.1, -0.05) is 15.9 Å². The van der Waals surface area contributed by atoms with Crippen molar-refractivity contribution in [1.82, 2.24) is 0 Å². The summed E-state index contributed by atoms with van der Waals surface area (Å²) < 4.78 is 30.9. The zero-order valence-corrected chi connectivity index (χ0v) is 9.05. The summed E-state index contributed by atoms with van der Waals surface area (Å²) in [5.41, 5.74) is -0.0312. The first-order valence-corrected chi connectivity index (χ1v) is 4.73. The predicted molar refractivity (Wildman–Crippen MR) is 51.3 cm³/mol. The third-order valence-electron chi connectivity index (χ3n) is 1.61. The van der Waals surface area contributed by atoms with Crippen molar-refractivity contribution in [1.29, 1.82) is 0 Å². The van der Waals surface area contributed by atoms with E-state index in [1.54, 1.807) is 0 Å². The largest absolute Gasteiger partial charge is 0.480 e. The van der Waals surface area contributed by atoms with E-state index in [0.717, 1.165) is 6.07 Å². The Kier molecular flexibility index (Phi) is 4.16. The van der Waals surface area contributed by atoms with E-state index < -0.39 is 24.2 Å². The molecule has 1 aromatic rings. The van der Waals surface area contributed by atoms with Crippen LogP contribution in [0.1, 0.15) is 5.56 Å². The molecule has 1 N–H and O–H groups in total. The fraction of sp³-hybridized carbons (Fsp3) is 0.222. The molecule has 0 saturated heterocycles. The lowest BCUT2D eigenvalue weighted by atomic mass is 10.2. The topological polar surface area (TPSA) is 46.5 Å². The Balaban J connectivity index is 2.75. The second kappa shape index (κ2) is 5.18. The Morgan fingerprint density at radius 3 is 2.73 bits per heavy atom. The van der Waals surface area contributed by atoms with Crippen LogP contribution in [-0.4, -0.2) is 17.7 Å². The molecule has 3 nitrogen and oxygen atoms in total. The second-order valence-corrected chi connectivity index (χ2v) is 3.56. The molecular weight excluding hydrogens is 274 g/mol. The summed E-state index contributed by atoms with van der Waals surface area (Å²) in [5, 5.41) is 8.28. The first-order valence-electron chi connectivity index (χ1n) is 3.94. The number of ether oxygens (including phenoxy) is 1. The van der Waals surface area contributed by atoms with Crippen LogP contribution in [0.2, 0.25) is 0 Å². The van der Waals surface area contributed by atoms with E-state index in [0.29, 0.717) is 4.47 Å². The first-order chi connectivity index (χ1) is 7.02. The van der Waals surface area contributed by atoms with Gasteiger partial charge in [-0.05, 0) is 12.1 Å². The molecule has 0 aromatic heterocycles. The number of rotatable bonds is 4. The number of halogens is 3. The molecule has 0 amide bonds. The van der Waals surface area contributed by atoms with Crippen molar-refractivity contribution in [2.45, 2.75) is 6.61 Å². The zero-order valence-electron chi connectivity index (χ0n) is 7.47. The summed E-state index contributed by atoms with van der Waals surface area (Å²) in [6, 6.07) is 2.30. The van der Waals surface area contributed by atoms with Crippen LogP contribution in [-0.2, 0) is 16.1 Å². The molecule has 0 aliphatic heterocycles. The number of carboxylic acid groups (broad SMARTS) is 1. The van der Waals surface area contributed by atoms with Crippen molar-refractivity contribution in [3.63, 3.8) is 0 Å². The van der Waals surface area contributed by atoms with Gasteiger partial charge in [-0.2, -0.15) is 0 Å². The highest BCUT2D eigenvalue weighted by Crippen LogP contribution is 2.22. The third kappa shape index (κ3) is 3.24. The van der Waals surface area contributed by atoms with Crippen LogP contribution in [0.3, 0.4) is 0 Å². The van der Waals surface area contributed by atoms with Gasteiger partial charge in [-0.25, -0.2) is 13.6 Å². The van der Waals surface area contributed by atoms with Gasteiger partial charge >= 0.3 is 5.97 Å². The van der Waals surface area contributed by atoms with E-state index in [9.17, 15) is 13.6 Å². The minimum absolute atomic E-state index is 0.0312. The summed E-state index contributed by atoms with van der Waals surface area (Å²) in [7, 11) is 0. The Bertz CT molecular complexity index is 382. The lowest BCUT2D eigenvalue weighted by Crippen LogP contribution is -2.08. The highest BCUT2D eigenvalue weighted by Gasteiger charge is 2.12. The van der Waals surface area contributed by atoms with Gasteiger partial charge in [-0.15, -0.1) is 0 Å². The molecule has 0 radical (unpaired) electrons. The van der Waals surface area contributed by atoms with Gasteiger partial charge in [0.1, 0.15) is 6.61 Å². The SMILES string of the molecule is O=C(O)COCc1c(Br)ccc(F)c1F. The van der Waals surface area contributed by atoms with Crippen LogP contribution in [0.15, 0.2) is 16.6 Å². The minimum atomic E-state index is -1.16. The molecule has 0 bridgehead atoms. The molecular formula is C9H7BrF2O3. The first kappa shape index (κ1) is 12.1. The summed E-state index contributed by atoms with van der Waals surface area (Å²) >= 11 is 3.01. The predicted octanol–water partition coefficient (Wildman–Crippen LogP) is 2.33. The van der Waals surface area contributed by atoms with Crippen molar-refractivity contribution >= 4 is 21.9 Å². The molecule has 82 valence electrons. The molecule has 0 aliphatic carbocycles. The van der Waals surface area contributed by atoms with Crippen molar-refractivity contribution in [3.05, 3.63) is 33.8 Å². The summed E-state index contributed by atoms with van der Waals surface area (Å²) in [4.78, 5) is 10.1. The van der Waals surface area contributed by atoms with Crippen molar-refractivity contribution < 1.29 is 23.4 Å². The molecule has 0 saturated carbocycles. The Labute approximate surface area is 92.8 Å². The maximum atomic E-state index is 13.2. The van der Waals surface area contributed by atoms with Gasteiger partial charge in [0.25, 0.3) is 0 Å². The van der Waals surface area contributed by atoms with E-state index in [-0.39, 0.29) is 12.2 Å². The molecule has 6 heteroatoms. The molecule has 1 rings (SSSR count). The lowest BCUT2D eigenvalue weighted by Gasteiger charge is -2.06. The van der Waals surface area contributed by atoms with E-state index in [1.165, 1.54) is 6.07 Å². The Morgan fingerprint density at radius 1 is 1.47 bits per heavy atom. The molecule has 0 unspecified atom stereocenters. The number of benzene rings is 1. The fourth-order valence-electron chi connectivity index (χ4n) is 0.942. The number of carboxylic acids is 1. The van der Waals surface area contributed by atoms with Gasteiger partial charge in [0.05, 0.1) is 6.61 Å². The summed E-state index contributed by atoms with van der Waals surface area (Å²) in [6.07, 6.45) is 0.